The second-order valence-corrected chi connectivity index (χ2v) is 2.98. The smallest absolute Gasteiger partial charge is 0.257 e. The summed E-state index contributed by atoms with van der Waals surface area (Å²) in [5.41, 5.74) is 1.64. The summed E-state index contributed by atoms with van der Waals surface area (Å²) in [6, 6.07) is 0. The number of hydrogen-bond donors (Lipinski definition) is 1. The SMILES string of the molecule is FC(F)Cn1nnc2c1CCNC2. The molecule has 2 rings (SSSR count). The summed E-state index contributed by atoms with van der Waals surface area (Å²) in [6.07, 6.45) is -1.63. The molecule has 0 unspecified atom stereocenters. The molecule has 1 N–H and O–H groups in total. The molecule has 2 heterocycles. The summed E-state index contributed by atoms with van der Waals surface area (Å²) in [5, 5.41) is 10.6. The predicted molar refractivity (Wildman–Crippen MR) is 41.4 cm³/mol. The van der Waals surface area contributed by atoms with Gasteiger partial charge in [0.1, 0.15) is 6.54 Å². The van der Waals surface area contributed by atoms with Gasteiger partial charge in [-0.2, -0.15) is 0 Å². The van der Waals surface area contributed by atoms with Crippen LogP contribution in [0.3, 0.4) is 0 Å². The second-order valence-electron chi connectivity index (χ2n) is 2.98. The van der Waals surface area contributed by atoms with Gasteiger partial charge in [-0.25, -0.2) is 13.5 Å². The van der Waals surface area contributed by atoms with Gasteiger partial charge in [0, 0.05) is 19.5 Å². The first-order valence-corrected chi connectivity index (χ1v) is 4.17. The van der Waals surface area contributed by atoms with Crippen molar-refractivity contribution in [2.45, 2.75) is 25.9 Å². The highest BCUT2D eigenvalue weighted by Crippen LogP contribution is 2.11. The molecule has 1 aromatic heterocycles. The van der Waals surface area contributed by atoms with E-state index >= 15 is 0 Å². The second kappa shape index (κ2) is 3.37. The molecule has 0 spiro atoms. The Kier molecular flexibility index (Phi) is 2.22. The van der Waals surface area contributed by atoms with Crippen molar-refractivity contribution in [2.24, 2.45) is 0 Å². The molecule has 4 nitrogen and oxygen atoms in total. The van der Waals surface area contributed by atoms with E-state index in [-0.39, 0.29) is 6.54 Å². The summed E-state index contributed by atoms with van der Waals surface area (Å²) in [7, 11) is 0. The fraction of sp³-hybridized carbons (Fsp3) is 0.714. The molecule has 0 bridgehead atoms. The Hall–Kier alpha value is -1.04. The lowest BCUT2D eigenvalue weighted by molar-refractivity contribution is 0.119. The van der Waals surface area contributed by atoms with Gasteiger partial charge in [-0.1, -0.05) is 5.21 Å². The Morgan fingerprint density at radius 1 is 1.54 bits per heavy atom. The third-order valence-corrected chi connectivity index (χ3v) is 2.06. The number of aromatic nitrogens is 3. The van der Waals surface area contributed by atoms with Crippen LogP contribution in [0.25, 0.3) is 0 Å². The van der Waals surface area contributed by atoms with Gasteiger partial charge in [-0.15, -0.1) is 5.10 Å². The van der Waals surface area contributed by atoms with Crippen LogP contribution in [0.5, 0.6) is 0 Å². The van der Waals surface area contributed by atoms with E-state index in [1.807, 2.05) is 0 Å². The molecule has 72 valence electrons. The Morgan fingerprint density at radius 3 is 3.15 bits per heavy atom. The number of halogens is 2. The number of fused-ring (bicyclic) bond motifs is 1. The summed E-state index contributed by atoms with van der Waals surface area (Å²) >= 11 is 0. The van der Waals surface area contributed by atoms with Crippen molar-refractivity contribution in [3.63, 3.8) is 0 Å². The predicted octanol–water partition coefficient (Wildman–Crippen LogP) is 0.189. The molecule has 13 heavy (non-hydrogen) atoms. The molecule has 0 atom stereocenters. The lowest BCUT2D eigenvalue weighted by atomic mass is 10.2. The fourth-order valence-corrected chi connectivity index (χ4v) is 1.47. The molecule has 0 amide bonds. The first kappa shape index (κ1) is 8.55. The topological polar surface area (TPSA) is 42.7 Å². The summed E-state index contributed by atoms with van der Waals surface area (Å²) in [4.78, 5) is 0. The average Bonchev–Trinajstić information content (AvgIpc) is 2.48. The number of nitrogens with one attached hydrogen (secondary N) is 1. The van der Waals surface area contributed by atoms with Crippen LogP contribution >= 0.6 is 0 Å². The van der Waals surface area contributed by atoms with Crippen molar-refractivity contribution in [3.8, 4) is 0 Å². The summed E-state index contributed by atoms with van der Waals surface area (Å²) < 4.78 is 25.4. The monoisotopic (exact) mass is 188 g/mol. The molecule has 0 aromatic carbocycles. The van der Waals surface area contributed by atoms with E-state index < -0.39 is 6.43 Å². The zero-order valence-electron chi connectivity index (χ0n) is 7.00. The van der Waals surface area contributed by atoms with Crippen molar-refractivity contribution in [3.05, 3.63) is 11.4 Å². The van der Waals surface area contributed by atoms with E-state index in [0.29, 0.717) is 6.54 Å². The highest BCUT2D eigenvalue weighted by Gasteiger charge is 2.18. The van der Waals surface area contributed by atoms with Gasteiger partial charge in [0.25, 0.3) is 6.43 Å². The van der Waals surface area contributed by atoms with Crippen LogP contribution in [0.4, 0.5) is 8.78 Å². The molecule has 0 aliphatic carbocycles. The molecular formula is C7H10F2N4. The zero-order valence-corrected chi connectivity index (χ0v) is 7.00. The lowest BCUT2D eigenvalue weighted by Gasteiger charge is -2.12. The van der Waals surface area contributed by atoms with Crippen LogP contribution in [0.2, 0.25) is 0 Å². The van der Waals surface area contributed by atoms with E-state index in [1.54, 1.807) is 0 Å². The minimum atomic E-state index is -2.36. The van der Waals surface area contributed by atoms with Crippen LogP contribution in [0.1, 0.15) is 11.4 Å². The largest absolute Gasteiger partial charge is 0.311 e. The highest BCUT2D eigenvalue weighted by atomic mass is 19.3. The van der Waals surface area contributed by atoms with Crippen LogP contribution in [0, 0.1) is 0 Å². The molecule has 0 radical (unpaired) electrons. The molecule has 6 heteroatoms. The standard InChI is InChI=1S/C7H10F2N4/c8-7(9)4-13-6-1-2-10-3-5(6)11-12-13/h7,10H,1-4H2. The molecule has 1 aliphatic heterocycles. The van der Waals surface area contributed by atoms with Gasteiger partial charge in [0.15, 0.2) is 0 Å². The van der Waals surface area contributed by atoms with Gasteiger partial charge in [-0.3, -0.25) is 0 Å². The fourth-order valence-electron chi connectivity index (χ4n) is 1.47. The van der Waals surface area contributed by atoms with Gasteiger partial charge in [0.2, 0.25) is 0 Å². The van der Waals surface area contributed by atoms with Crippen molar-refractivity contribution < 1.29 is 8.78 Å². The van der Waals surface area contributed by atoms with Crippen molar-refractivity contribution in [1.82, 2.24) is 20.3 Å². The lowest BCUT2D eigenvalue weighted by Crippen LogP contribution is -2.25. The van der Waals surface area contributed by atoms with E-state index in [1.165, 1.54) is 4.68 Å². The molecular weight excluding hydrogens is 178 g/mol. The Balaban J connectivity index is 2.21. The van der Waals surface area contributed by atoms with Crippen LogP contribution in [-0.4, -0.2) is 28.0 Å². The maximum Gasteiger partial charge on any atom is 0.257 e. The Bertz CT molecular complexity index is 297. The van der Waals surface area contributed by atoms with Crippen molar-refractivity contribution in [1.29, 1.82) is 0 Å². The van der Waals surface area contributed by atoms with Gasteiger partial charge >= 0.3 is 0 Å². The van der Waals surface area contributed by atoms with E-state index in [0.717, 1.165) is 24.4 Å². The highest BCUT2D eigenvalue weighted by molar-refractivity contribution is 5.13. The molecule has 0 saturated heterocycles. The number of rotatable bonds is 2. The van der Waals surface area contributed by atoms with E-state index in [2.05, 4.69) is 15.6 Å². The number of hydrogen-bond acceptors (Lipinski definition) is 3. The van der Waals surface area contributed by atoms with Crippen molar-refractivity contribution >= 4 is 0 Å². The van der Waals surface area contributed by atoms with E-state index in [9.17, 15) is 8.78 Å². The number of alkyl halides is 2. The van der Waals surface area contributed by atoms with E-state index in [4.69, 9.17) is 0 Å². The Labute approximate surface area is 73.9 Å². The van der Waals surface area contributed by atoms with Gasteiger partial charge in [-0.05, 0) is 0 Å². The summed E-state index contributed by atoms with van der Waals surface area (Å²) in [6.45, 7) is 1.10. The van der Waals surface area contributed by atoms with Gasteiger partial charge in [0.05, 0.1) is 11.4 Å². The molecule has 1 aromatic rings. The normalized spacial score (nSPS) is 16.2. The zero-order chi connectivity index (χ0) is 9.26. The maximum atomic E-state index is 12.1. The van der Waals surface area contributed by atoms with Crippen molar-refractivity contribution in [2.75, 3.05) is 6.54 Å². The van der Waals surface area contributed by atoms with Crippen LogP contribution < -0.4 is 5.32 Å². The first-order chi connectivity index (χ1) is 6.27. The maximum absolute atomic E-state index is 12.1. The molecule has 1 aliphatic rings. The Morgan fingerprint density at radius 2 is 2.38 bits per heavy atom. The third-order valence-electron chi connectivity index (χ3n) is 2.06. The van der Waals surface area contributed by atoms with Crippen LogP contribution in [-0.2, 0) is 19.5 Å². The first-order valence-electron chi connectivity index (χ1n) is 4.17. The minimum absolute atomic E-state index is 0.345. The quantitative estimate of drug-likeness (QED) is 0.720. The number of nitrogens with zero attached hydrogens (tertiary/aromatic N) is 3. The van der Waals surface area contributed by atoms with Crippen LogP contribution in [0.15, 0.2) is 0 Å². The minimum Gasteiger partial charge on any atom is -0.311 e. The third kappa shape index (κ3) is 1.67. The average molecular weight is 188 g/mol. The molecule has 0 saturated carbocycles. The summed E-state index contributed by atoms with van der Waals surface area (Å²) in [5.74, 6) is 0. The molecule has 0 fully saturated rings. The van der Waals surface area contributed by atoms with Gasteiger partial charge < -0.3 is 5.32 Å².